The van der Waals surface area contributed by atoms with Crippen LogP contribution in [0.2, 0.25) is 0 Å². The molecule has 0 bridgehead atoms. The normalized spacial score (nSPS) is 27.2. The fourth-order valence-corrected chi connectivity index (χ4v) is 4.47. The number of alkyl halides is 1. The molecule has 0 saturated carbocycles. The zero-order valence-electron chi connectivity index (χ0n) is 14.4. The minimum Gasteiger partial charge on any atom is -0.372 e. The zero-order valence-corrected chi connectivity index (χ0v) is 16.0. The highest BCUT2D eigenvalue weighted by atomic mass is 79.9. The van der Waals surface area contributed by atoms with Gasteiger partial charge >= 0.3 is 0 Å². The molecule has 2 aliphatic heterocycles. The van der Waals surface area contributed by atoms with Crippen LogP contribution in [0.3, 0.4) is 0 Å². The molecule has 1 aromatic carbocycles. The lowest BCUT2D eigenvalue weighted by atomic mass is 9.90. The van der Waals surface area contributed by atoms with Gasteiger partial charge < -0.3 is 15.5 Å². The Morgan fingerprint density at radius 1 is 1.38 bits per heavy atom. The highest BCUT2D eigenvalue weighted by Gasteiger charge is 2.30. The van der Waals surface area contributed by atoms with Gasteiger partial charge in [-0.05, 0) is 50.8 Å². The van der Waals surface area contributed by atoms with Crippen LogP contribution < -0.4 is 10.6 Å². The molecule has 1 aromatic rings. The summed E-state index contributed by atoms with van der Waals surface area (Å²) in [5.41, 5.74) is 2.17. The number of amides is 1. The number of carbonyl (C=O) groups is 1. The van der Waals surface area contributed by atoms with E-state index < -0.39 is 0 Å². The van der Waals surface area contributed by atoms with Gasteiger partial charge in [-0.15, -0.1) is 0 Å². The minimum absolute atomic E-state index is 0.0688. The predicted octanol–water partition coefficient (Wildman–Crippen LogP) is 3.69. The number of para-hydroxylation sites is 1. The van der Waals surface area contributed by atoms with Crippen molar-refractivity contribution in [3.63, 3.8) is 0 Å². The van der Waals surface area contributed by atoms with Crippen LogP contribution in [0.4, 0.5) is 5.69 Å². The number of hydrogen-bond donors (Lipinski definition) is 2. The van der Waals surface area contributed by atoms with Crippen molar-refractivity contribution in [2.45, 2.75) is 55.9 Å². The Balaban J connectivity index is 1.48. The fraction of sp³-hybridized carbons (Fsp3) is 0.632. The van der Waals surface area contributed by atoms with Crippen LogP contribution in [0, 0.1) is 0 Å². The van der Waals surface area contributed by atoms with Crippen molar-refractivity contribution in [3.8, 4) is 0 Å². The summed E-state index contributed by atoms with van der Waals surface area (Å²) in [5.74, 6) is 0.0841. The zero-order chi connectivity index (χ0) is 16.9. The maximum Gasteiger partial charge on any atom is 0.227 e. The Morgan fingerprint density at radius 3 is 3.04 bits per heavy atom. The summed E-state index contributed by atoms with van der Waals surface area (Å²) in [6, 6.07) is 8.81. The van der Waals surface area contributed by atoms with E-state index >= 15 is 0 Å². The van der Waals surface area contributed by atoms with E-state index in [2.05, 4.69) is 44.5 Å². The molecule has 1 saturated heterocycles. The second-order valence-corrected chi connectivity index (χ2v) is 8.12. The molecule has 0 aliphatic carbocycles. The monoisotopic (exact) mass is 393 g/mol. The van der Waals surface area contributed by atoms with E-state index in [0.29, 0.717) is 6.04 Å². The van der Waals surface area contributed by atoms with Gasteiger partial charge in [0.15, 0.2) is 0 Å². The first-order valence-corrected chi connectivity index (χ1v) is 10.1. The van der Waals surface area contributed by atoms with Crippen LogP contribution >= 0.6 is 15.9 Å². The molecule has 0 spiro atoms. The van der Waals surface area contributed by atoms with Gasteiger partial charge in [-0.2, -0.15) is 0 Å². The van der Waals surface area contributed by atoms with Crippen molar-refractivity contribution in [1.29, 1.82) is 0 Å². The fourth-order valence-electron chi connectivity index (χ4n) is 3.85. The number of anilines is 1. The first-order valence-electron chi connectivity index (χ1n) is 9.16. The number of piperidine rings is 1. The lowest BCUT2D eigenvalue weighted by Gasteiger charge is -2.33. The molecule has 3 unspecified atom stereocenters. The molecule has 3 atom stereocenters. The number of halogens is 1. The summed E-state index contributed by atoms with van der Waals surface area (Å²) in [4.78, 5) is 15.4. The van der Waals surface area contributed by atoms with Gasteiger partial charge in [0.25, 0.3) is 0 Å². The predicted molar refractivity (Wildman–Crippen MR) is 103 cm³/mol. The highest BCUT2D eigenvalue weighted by Crippen LogP contribution is 2.35. The second kappa shape index (κ2) is 8.34. The van der Waals surface area contributed by atoms with Gasteiger partial charge in [-0.3, -0.25) is 4.79 Å². The number of nitrogens with zero attached hydrogens (tertiary/aromatic N) is 1. The van der Waals surface area contributed by atoms with Gasteiger partial charge in [-0.1, -0.05) is 40.5 Å². The van der Waals surface area contributed by atoms with E-state index in [1.54, 1.807) is 0 Å². The smallest absolute Gasteiger partial charge is 0.227 e. The van der Waals surface area contributed by atoms with Gasteiger partial charge in [0.2, 0.25) is 5.91 Å². The standard InChI is InChI=1S/C19H28BrN3O/c1-14-7-4-5-11-23(14)12-6-10-21-19(24)16-13-18(20)22-17-9-3-2-8-15(16)17/h2-3,8-9,14,16,18,22H,4-7,10-13H2,1H3,(H,21,24). The third-order valence-electron chi connectivity index (χ3n) is 5.27. The quantitative estimate of drug-likeness (QED) is 0.455. The van der Waals surface area contributed by atoms with E-state index in [1.165, 1.54) is 25.8 Å². The number of rotatable bonds is 5. The van der Waals surface area contributed by atoms with Gasteiger partial charge in [-0.25, -0.2) is 0 Å². The molecule has 1 amide bonds. The van der Waals surface area contributed by atoms with E-state index in [1.807, 2.05) is 18.2 Å². The minimum atomic E-state index is -0.0688. The Labute approximate surface area is 153 Å². The molecule has 1 fully saturated rings. The topological polar surface area (TPSA) is 44.4 Å². The van der Waals surface area contributed by atoms with Crippen molar-refractivity contribution in [2.24, 2.45) is 0 Å². The second-order valence-electron chi connectivity index (χ2n) is 7.01. The number of carbonyl (C=O) groups excluding carboxylic acids is 1. The molecule has 0 radical (unpaired) electrons. The summed E-state index contributed by atoms with van der Waals surface area (Å²) in [6.07, 6.45) is 5.80. The average Bonchev–Trinajstić information content (AvgIpc) is 2.59. The van der Waals surface area contributed by atoms with Crippen LogP contribution in [0.1, 0.15) is 50.5 Å². The third kappa shape index (κ3) is 4.31. The van der Waals surface area contributed by atoms with E-state index in [4.69, 9.17) is 0 Å². The summed E-state index contributed by atoms with van der Waals surface area (Å²) < 4.78 is 0. The van der Waals surface area contributed by atoms with Crippen LogP contribution in [0.15, 0.2) is 24.3 Å². The first kappa shape index (κ1) is 17.7. The van der Waals surface area contributed by atoms with Crippen molar-refractivity contribution >= 4 is 27.5 Å². The van der Waals surface area contributed by atoms with Crippen molar-refractivity contribution in [1.82, 2.24) is 10.2 Å². The van der Waals surface area contributed by atoms with Gasteiger partial charge in [0.05, 0.1) is 10.9 Å². The molecule has 24 heavy (non-hydrogen) atoms. The van der Waals surface area contributed by atoms with Crippen molar-refractivity contribution in [2.75, 3.05) is 25.0 Å². The average molecular weight is 394 g/mol. The number of benzene rings is 1. The molecule has 2 heterocycles. The number of hydrogen-bond acceptors (Lipinski definition) is 3. The summed E-state index contributed by atoms with van der Waals surface area (Å²) in [7, 11) is 0. The number of likely N-dealkylation sites (tertiary alicyclic amines) is 1. The molecule has 5 heteroatoms. The summed E-state index contributed by atoms with van der Waals surface area (Å²) >= 11 is 3.61. The lowest BCUT2D eigenvalue weighted by molar-refractivity contribution is -0.122. The first-order chi connectivity index (χ1) is 11.6. The molecule has 4 nitrogen and oxygen atoms in total. The van der Waals surface area contributed by atoms with Gasteiger partial charge in [0.1, 0.15) is 0 Å². The van der Waals surface area contributed by atoms with E-state index in [0.717, 1.165) is 37.2 Å². The molecule has 2 aliphatic rings. The molecule has 132 valence electrons. The maximum absolute atomic E-state index is 12.6. The summed E-state index contributed by atoms with van der Waals surface area (Å²) in [6.45, 7) is 5.38. The Bertz CT molecular complexity index is 565. The SMILES string of the molecule is CC1CCCCN1CCCNC(=O)C1CC(Br)Nc2ccccc21. The Morgan fingerprint density at radius 2 is 2.21 bits per heavy atom. The van der Waals surface area contributed by atoms with E-state index in [-0.39, 0.29) is 16.8 Å². The van der Waals surface area contributed by atoms with Crippen molar-refractivity contribution < 1.29 is 4.79 Å². The Hall–Kier alpha value is -1.07. The maximum atomic E-state index is 12.6. The van der Waals surface area contributed by atoms with Crippen LogP contribution in [-0.2, 0) is 4.79 Å². The molecule has 0 aromatic heterocycles. The van der Waals surface area contributed by atoms with Crippen LogP contribution in [0.25, 0.3) is 0 Å². The Kier molecular flexibility index (Phi) is 6.17. The molecular weight excluding hydrogens is 366 g/mol. The lowest BCUT2D eigenvalue weighted by Crippen LogP contribution is -2.40. The van der Waals surface area contributed by atoms with E-state index in [9.17, 15) is 4.79 Å². The van der Waals surface area contributed by atoms with Crippen molar-refractivity contribution in [3.05, 3.63) is 29.8 Å². The van der Waals surface area contributed by atoms with Crippen LogP contribution in [0.5, 0.6) is 0 Å². The summed E-state index contributed by atoms with van der Waals surface area (Å²) in [5, 5.41) is 6.54. The van der Waals surface area contributed by atoms with Gasteiger partial charge in [0, 0.05) is 24.8 Å². The molecular formula is C19H28BrN3O. The molecule has 2 N–H and O–H groups in total. The molecule has 3 rings (SSSR count). The highest BCUT2D eigenvalue weighted by molar-refractivity contribution is 9.09. The third-order valence-corrected chi connectivity index (χ3v) is 5.87. The largest absolute Gasteiger partial charge is 0.372 e. The van der Waals surface area contributed by atoms with Crippen LogP contribution in [-0.4, -0.2) is 41.4 Å². The number of fused-ring (bicyclic) bond motifs is 1. The number of nitrogens with one attached hydrogen (secondary N) is 2.